The van der Waals surface area contributed by atoms with E-state index in [2.05, 4.69) is 0 Å². The van der Waals surface area contributed by atoms with Gasteiger partial charge in [-0.25, -0.2) is 0 Å². The highest BCUT2D eigenvalue weighted by Gasteiger charge is 2.33. The minimum atomic E-state index is -0.685. The molecule has 2 heteroatoms. The second kappa shape index (κ2) is 4.83. The van der Waals surface area contributed by atoms with Crippen molar-refractivity contribution in [1.82, 2.24) is 0 Å². The van der Waals surface area contributed by atoms with Crippen LogP contribution in [-0.2, 0) is 0 Å². The average molecular weight is 174 g/mol. The van der Waals surface area contributed by atoms with Gasteiger partial charge < -0.3 is 10.2 Å². The molecule has 2 unspecified atom stereocenters. The van der Waals surface area contributed by atoms with E-state index in [1.165, 1.54) is 0 Å². The number of hydrogen-bond acceptors (Lipinski definition) is 2. The first-order valence-electron chi connectivity index (χ1n) is 4.92. The van der Waals surface area contributed by atoms with Crippen LogP contribution in [0, 0.1) is 5.92 Å². The standard InChI is InChI=1S/C10H22O2/c1-5-9(11)8(4)10(12,6-2)7-3/h8-9,11-12H,5-7H2,1-4H3. The number of hydrogen-bond donors (Lipinski definition) is 2. The van der Waals surface area contributed by atoms with E-state index < -0.39 is 5.60 Å². The minimum absolute atomic E-state index is 0.0301. The van der Waals surface area contributed by atoms with Crippen LogP contribution in [0.5, 0.6) is 0 Å². The van der Waals surface area contributed by atoms with E-state index in [1.807, 2.05) is 27.7 Å². The lowest BCUT2D eigenvalue weighted by molar-refractivity contribution is -0.0695. The van der Waals surface area contributed by atoms with Gasteiger partial charge >= 0.3 is 0 Å². The first kappa shape index (κ1) is 11.9. The van der Waals surface area contributed by atoms with Gasteiger partial charge in [0, 0.05) is 5.92 Å². The summed E-state index contributed by atoms with van der Waals surface area (Å²) in [5.74, 6) is -0.0301. The molecular weight excluding hydrogens is 152 g/mol. The van der Waals surface area contributed by atoms with Crippen LogP contribution in [0.15, 0.2) is 0 Å². The summed E-state index contributed by atoms with van der Waals surface area (Å²) in [6, 6.07) is 0. The van der Waals surface area contributed by atoms with Crippen molar-refractivity contribution in [2.75, 3.05) is 0 Å². The van der Waals surface area contributed by atoms with Crippen molar-refractivity contribution in [2.24, 2.45) is 5.92 Å². The molecule has 0 saturated carbocycles. The Kier molecular flexibility index (Phi) is 4.80. The largest absolute Gasteiger partial charge is 0.393 e. The predicted molar refractivity (Wildman–Crippen MR) is 51.0 cm³/mol. The van der Waals surface area contributed by atoms with Gasteiger partial charge in [0.25, 0.3) is 0 Å². The quantitative estimate of drug-likeness (QED) is 0.668. The highest BCUT2D eigenvalue weighted by atomic mass is 16.3. The fourth-order valence-electron chi connectivity index (χ4n) is 1.61. The molecular formula is C10H22O2. The lowest BCUT2D eigenvalue weighted by Gasteiger charge is -2.35. The molecule has 0 radical (unpaired) electrons. The van der Waals surface area contributed by atoms with Crippen molar-refractivity contribution in [3.8, 4) is 0 Å². The van der Waals surface area contributed by atoms with E-state index in [4.69, 9.17) is 0 Å². The Morgan fingerprint density at radius 1 is 1.17 bits per heavy atom. The van der Waals surface area contributed by atoms with Crippen LogP contribution in [0.25, 0.3) is 0 Å². The van der Waals surface area contributed by atoms with Crippen molar-refractivity contribution in [3.63, 3.8) is 0 Å². The van der Waals surface area contributed by atoms with Crippen LogP contribution in [0.2, 0.25) is 0 Å². The van der Waals surface area contributed by atoms with Gasteiger partial charge in [-0.1, -0.05) is 27.7 Å². The lowest BCUT2D eigenvalue weighted by atomic mass is 9.80. The van der Waals surface area contributed by atoms with E-state index in [9.17, 15) is 10.2 Å². The van der Waals surface area contributed by atoms with Gasteiger partial charge in [-0.05, 0) is 19.3 Å². The third-order valence-corrected chi connectivity index (χ3v) is 3.07. The topological polar surface area (TPSA) is 40.5 Å². The van der Waals surface area contributed by atoms with Crippen molar-refractivity contribution in [3.05, 3.63) is 0 Å². The Bertz CT molecular complexity index is 119. The van der Waals surface area contributed by atoms with Gasteiger partial charge in [0.1, 0.15) is 0 Å². The predicted octanol–water partition coefficient (Wildman–Crippen LogP) is 1.94. The molecule has 0 rings (SSSR count). The Hall–Kier alpha value is -0.0800. The van der Waals surface area contributed by atoms with Crippen LogP contribution in [0.4, 0.5) is 0 Å². The molecule has 0 saturated heterocycles. The highest BCUT2D eigenvalue weighted by Crippen LogP contribution is 2.28. The van der Waals surface area contributed by atoms with E-state index in [0.717, 1.165) is 0 Å². The maximum absolute atomic E-state index is 10.0. The summed E-state index contributed by atoms with van der Waals surface area (Å²) in [6.07, 6.45) is 1.75. The maximum Gasteiger partial charge on any atom is 0.0692 e. The molecule has 0 spiro atoms. The molecule has 74 valence electrons. The molecule has 0 aromatic carbocycles. The monoisotopic (exact) mass is 174 g/mol. The highest BCUT2D eigenvalue weighted by molar-refractivity contribution is 4.85. The molecule has 0 bridgehead atoms. The van der Waals surface area contributed by atoms with E-state index in [-0.39, 0.29) is 12.0 Å². The van der Waals surface area contributed by atoms with Gasteiger partial charge in [0.05, 0.1) is 11.7 Å². The average Bonchev–Trinajstić information content (AvgIpc) is 2.14. The van der Waals surface area contributed by atoms with Crippen molar-refractivity contribution in [1.29, 1.82) is 0 Å². The first-order valence-corrected chi connectivity index (χ1v) is 4.92. The Morgan fingerprint density at radius 3 is 1.83 bits per heavy atom. The van der Waals surface area contributed by atoms with Crippen LogP contribution in [-0.4, -0.2) is 21.9 Å². The summed E-state index contributed by atoms with van der Waals surface area (Å²) in [5, 5.41) is 19.6. The summed E-state index contributed by atoms with van der Waals surface area (Å²) in [5.41, 5.74) is -0.685. The number of aliphatic hydroxyl groups excluding tert-OH is 1. The van der Waals surface area contributed by atoms with E-state index in [1.54, 1.807) is 0 Å². The minimum Gasteiger partial charge on any atom is -0.393 e. The molecule has 12 heavy (non-hydrogen) atoms. The SMILES string of the molecule is CCC(O)C(C)C(O)(CC)CC. The van der Waals surface area contributed by atoms with Crippen LogP contribution in [0.1, 0.15) is 47.0 Å². The summed E-state index contributed by atoms with van der Waals surface area (Å²) < 4.78 is 0. The molecule has 2 N–H and O–H groups in total. The van der Waals surface area contributed by atoms with Gasteiger partial charge in [0.15, 0.2) is 0 Å². The van der Waals surface area contributed by atoms with Gasteiger partial charge in [-0.15, -0.1) is 0 Å². The second-order valence-corrected chi connectivity index (χ2v) is 3.57. The lowest BCUT2D eigenvalue weighted by Crippen LogP contribution is -2.41. The summed E-state index contributed by atoms with van der Waals surface area (Å²) >= 11 is 0. The van der Waals surface area contributed by atoms with Crippen molar-refractivity contribution in [2.45, 2.75) is 58.7 Å². The second-order valence-electron chi connectivity index (χ2n) is 3.57. The van der Waals surface area contributed by atoms with Crippen LogP contribution in [0.3, 0.4) is 0 Å². The number of rotatable bonds is 5. The molecule has 0 heterocycles. The third kappa shape index (κ3) is 2.46. The van der Waals surface area contributed by atoms with E-state index >= 15 is 0 Å². The van der Waals surface area contributed by atoms with Gasteiger partial charge in [0.2, 0.25) is 0 Å². The molecule has 0 aromatic rings. The zero-order valence-electron chi connectivity index (χ0n) is 8.67. The summed E-state index contributed by atoms with van der Waals surface area (Å²) in [6.45, 7) is 7.78. The zero-order valence-corrected chi connectivity index (χ0v) is 8.67. The fourth-order valence-corrected chi connectivity index (χ4v) is 1.61. The molecule has 0 aliphatic carbocycles. The Balaban J connectivity index is 4.29. The molecule has 0 aliphatic rings. The van der Waals surface area contributed by atoms with Crippen molar-refractivity contribution < 1.29 is 10.2 Å². The molecule has 2 atom stereocenters. The smallest absolute Gasteiger partial charge is 0.0692 e. The molecule has 0 aromatic heterocycles. The van der Waals surface area contributed by atoms with Crippen LogP contribution >= 0.6 is 0 Å². The number of aliphatic hydroxyl groups is 2. The molecule has 2 nitrogen and oxygen atoms in total. The summed E-state index contributed by atoms with van der Waals surface area (Å²) in [4.78, 5) is 0. The Labute approximate surface area is 75.6 Å². The first-order chi connectivity index (χ1) is 5.51. The Morgan fingerprint density at radius 2 is 1.58 bits per heavy atom. The molecule has 0 amide bonds. The van der Waals surface area contributed by atoms with Crippen LogP contribution < -0.4 is 0 Å². The van der Waals surface area contributed by atoms with E-state index in [0.29, 0.717) is 19.3 Å². The maximum atomic E-state index is 10.0. The fraction of sp³-hybridized carbons (Fsp3) is 1.00. The van der Waals surface area contributed by atoms with Crippen molar-refractivity contribution >= 4 is 0 Å². The van der Waals surface area contributed by atoms with Gasteiger partial charge in [-0.3, -0.25) is 0 Å². The normalized spacial score (nSPS) is 17.5. The summed E-state index contributed by atoms with van der Waals surface area (Å²) in [7, 11) is 0. The third-order valence-electron chi connectivity index (χ3n) is 3.07. The molecule has 0 aliphatic heterocycles. The van der Waals surface area contributed by atoms with Gasteiger partial charge in [-0.2, -0.15) is 0 Å². The molecule has 0 fully saturated rings. The zero-order chi connectivity index (χ0) is 9.78.